The van der Waals surface area contributed by atoms with E-state index in [0.717, 1.165) is 30.4 Å². The van der Waals surface area contributed by atoms with Gasteiger partial charge in [-0.05, 0) is 65.8 Å². The Labute approximate surface area is 210 Å². The van der Waals surface area contributed by atoms with Crippen LogP contribution in [0.3, 0.4) is 0 Å². The molecule has 0 bridgehead atoms. The lowest BCUT2D eigenvalue weighted by Crippen LogP contribution is -2.23. The maximum atomic E-state index is 13.4. The van der Waals surface area contributed by atoms with E-state index in [9.17, 15) is 4.79 Å². The molecule has 5 rings (SSSR count). The van der Waals surface area contributed by atoms with Crippen molar-refractivity contribution in [3.8, 4) is 0 Å². The van der Waals surface area contributed by atoms with Gasteiger partial charge in [-0.1, -0.05) is 76.2 Å². The van der Waals surface area contributed by atoms with Crippen LogP contribution in [0.4, 0.5) is 11.4 Å². The van der Waals surface area contributed by atoms with Crippen LogP contribution in [-0.2, 0) is 15.6 Å². The molecule has 1 saturated carbocycles. The van der Waals surface area contributed by atoms with E-state index >= 15 is 0 Å². The summed E-state index contributed by atoms with van der Waals surface area (Å²) in [6, 6.07) is 17.1. The van der Waals surface area contributed by atoms with Crippen molar-refractivity contribution >= 4 is 17.2 Å². The second kappa shape index (κ2) is 8.41. The maximum absolute atomic E-state index is 13.4. The van der Waals surface area contributed by atoms with E-state index < -0.39 is 0 Å². The number of fused-ring (bicyclic) bond motifs is 2. The van der Waals surface area contributed by atoms with Crippen molar-refractivity contribution < 1.29 is 4.79 Å². The van der Waals surface area contributed by atoms with Gasteiger partial charge in [-0.3, -0.25) is 4.79 Å². The van der Waals surface area contributed by atoms with E-state index in [1.54, 1.807) is 0 Å². The maximum Gasteiger partial charge on any atom is 0.184 e. The quantitative estimate of drug-likeness (QED) is 0.439. The first-order valence-electron chi connectivity index (χ1n) is 12.7. The molecule has 2 aromatic carbocycles. The van der Waals surface area contributed by atoms with Crippen LogP contribution in [0.1, 0.15) is 58.1 Å². The van der Waals surface area contributed by atoms with Crippen molar-refractivity contribution in [3.63, 3.8) is 0 Å². The Bertz CT molecular complexity index is 1220. The molecule has 0 amide bonds. The Morgan fingerprint density at radius 1 is 0.657 bits per heavy atom. The Balaban J connectivity index is 1.43. The van der Waals surface area contributed by atoms with E-state index in [1.165, 1.54) is 33.9 Å². The molecule has 3 heteroatoms. The first-order chi connectivity index (χ1) is 16.6. The molecule has 3 aliphatic rings. The zero-order valence-electron chi connectivity index (χ0n) is 21.9. The molecule has 0 N–H and O–H groups in total. The number of Topliss-reactive ketones (excluding diaryl/α,β-unsaturated/α-hetero) is 1. The lowest BCUT2D eigenvalue weighted by Gasteiger charge is -2.24. The van der Waals surface area contributed by atoms with Gasteiger partial charge in [-0.25, -0.2) is 0 Å². The van der Waals surface area contributed by atoms with Crippen LogP contribution >= 0.6 is 0 Å². The fourth-order valence-electron chi connectivity index (χ4n) is 6.18. The van der Waals surface area contributed by atoms with Crippen molar-refractivity contribution in [3.05, 3.63) is 107 Å². The number of carbonyl (C=O) groups is 1. The SMILES string of the molecule is CN1C(=CC=C2CCC/C(=C\C=C3/N(C)c4ccccc4C3(C)C)C2=O)C(C)(C)c2ccccc21. The summed E-state index contributed by atoms with van der Waals surface area (Å²) in [6.45, 7) is 9.05. The second-order valence-corrected chi connectivity index (χ2v) is 11.1. The molecule has 0 saturated heterocycles. The van der Waals surface area contributed by atoms with Crippen LogP contribution in [0.2, 0.25) is 0 Å². The van der Waals surface area contributed by atoms with Crippen molar-refractivity contribution in [2.24, 2.45) is 0 Å². The Kier molecular flexibility index (Phi) is 5.62. The van der Waals surface area contributed by atoms with Gasteiger partial charge in [-0.15, -0.1) is 0 Å². The summed E-state index contributed by atoms with van der Waals surface area (Å²) in [4.78, 5) is 18.0. The van der Waals surface area contributed by atoms with Crippen LogP contribution in [-0.4, -0.2) is 19.9 Å². The fraction of sp³-hybridized carbons (Fsp3) is 0.344. The minimum absolute atomic E-state index is 0.0865. The van der Waals surface area contributed by atoms with E-state index in [1.807, 2.05) is 0 Å². The predicted octanol–water partition coefficient (Wildman–Crippen LogP) is 7.22. The lowest BCUT2D eigenvalue weighted by atomic mass is 9.82. The van der Waals surface area contributed by atoms with Crippen molar-refractivity contribution in [1.82, 2.24) is 0 Å². The van der Waals surface area contributed by atoms with Gasteiger partial charge in [0.2, 0.25) is 0 Å². The molecule has 0 radical (unpaired) electrons. The molecule has 2 heterocycles. The van der Waals surface area contributed by atoms with Gasteiger partial charge in [0, 0.05) is 47.7 Å². The third kappa shape index (κ3) is 3.69. The monoisotopic (exact) mass is 464 g/mol. The lowest BCUT2D eigenvalue weighted by molar-refractivity contribution is -0.113. The molecule has 1 fully saturated rings. The predicted molar refractivity (Wildman–Crippen MR) is 147 cm³/mol. The average molecular weight is 465 g/mol. The van der Waals surface area contributed by atoms with E-state index in [-0.39, 0.29) is 16.6 Å². The smallest absolute Gasteiger partial charge is 0.184 e. The third-order valence-electron chi connectivity index (χ3n) is 8.24. The first kappa shape index (κ1) is 23.4. The molecular formula is C32H36N2O. The van der Waals surface area contributed by atoms with Gasteiger partial charge in [0.05, 0.1) is 0 Å². The van der Waals surface area contributed by atoms with Crippen molar-refractivity contribution in [2.75, 3.05) is 23.9 Å². The van der Waals surface area contributed by atoms with Crippen molar-refractivity contribution in [1.29, 1.82) is 0 Å². The highest BCUT2D eigenvalue weighted by atomic mass is 16.1. The number of allylic oxidation sites excluding steroid dienone is 8. The second-order valence-electron chi connectivity index (χ2n) is 11.1. The number of benzene rings is 2. The summed E-state index contributed by atoms with van der Waals surface area (Å²) in [7, 11) is 4.24. The van der Waals surface area contributed by atoms with E-state index in [2.05, 4.69) is 124 Å². The summed E-state index contributed by atoms with van der Waals surface area (Å²) in [5.41, 5.74) is 9.26. The van der Waals surface area contributed by atoms with Crippen LogP contribution in [0.15, 0.2) is 95.4 Å². The first-order valence-corrected chi connectivity index (χ1v) is 12.7. The summed E-state index contributed by atoms with van der Waals surface area (Å²) < 4.78 is 0. The molecule has 0 atom stereocenters. The van der Waals surface area contributed by atoms with Crippen LogP contribution in [0, 0.1) is 0 Å². The highest BCUT2D eigenvalue weighted by Gasteiger charge is 2.39. The number of hydrogen-bond donors (Lipinski definition) is 0. The minimum Gasteiger partial charge on any atom is -0.347 e. The standard InChI is InChI=1S/C32H36N2O/c1-31(2)24-14-7-9-16-26(24)33(5)28(31)20-18-22-12-11-13-23(30(22)35)19-21-29-32(3,4)25-15-8-10-17-27(25)34(29)6/h7-10,14-21H,11-13H2,1-6H3/b22-18+,23-19?,28-20-,29-21?. The minimum atomic E-state index is -0.0865. The molecule has 0 spiro atoms. The van der Waals surface area contributed by atoms with E-state index in [4.69, 9.17) is 0 Å². The molecular weight excluding hydrogens is 428 g/mol. The number of nitrogens with zero attached hydrogens (tertiary/aromatic N) is 2. The van der Waals surface area contributed by atoms with Gasteiger partial charge in [0.1, 0.15) is 0 Å². The van der Waals surface area contributed by atoms with Crippen LogP contribution in [0.25, 0.3) is 0 Å². The Morgan fingerprint density at radius 3 is 1.46 bits per heavy atom. The summed E-state index contributed by atoms with van der Waals surface area (Å²) in [5, 5.41) is 0. The number of rotatable bonds is 2. The molecule has 0 unspecified atom stereocenters. The number of para-hydroxylation sites is 2. The average Bonchev–Trinajstić information content (AvgIpc) is 3.16. The largest absolute Gasteiger partial charge is 0.347 e. The van der Waals surface area contributed by atoms with Crippen molar-refractivity contribution in [2.45, 2.75) is 57.8 Å². The fourth-order valence-corrected chi connectivity index (χ4v) is 6.18. The third-order valence-corrected chi connectivity index (χ3v) is 8.24. The van der Waals surface area contributed by atoms with Gasteiger partial charge in [-0.2, -0.15) is 0 Å². The molecule has 180 valence electrons. The molecule has 1 aliphatic carbocycles. The van der Waals surface area contributed by atoms with E-state index in [0.29, 0.717) is 0 Å². The molecule has 0 aromatic heterocycles. The topological polar surface area (TPSA) is 23.6 Å². The summed E-state index contributed by atoms with van der Waals surface area (Å²) in [5.74, 6) is 0.192. The molecule has 3 nitrogen and oxygen atoms in total. The van der Waals surface area contributed by atoms with Gasteiger partial charge in [0.25, 0.3) is 0 Å². The highest BCUT2D eigenvalue weighted by Crippen LogP contribution is 2.48. The molecule has 2 aromatic rings. The number of anilines is 2. The summed E-state index contributed by atoms with van der Waals surface area (Å²) >= 11 is 0. The highest BCUT2D eigenvalue weighted by molar-refractivity contribution is 6.09. The zero-order valence-corrected chi connectivity index (χ0v) is 21.9. The number of likely N-dealkylation sites (N-methyl/N-ethyl adjacent to an activating group) is 2. The van der Waals surface area contributed by atoms with Gasteiger partial charge < -0.3 is 9.80 Å². The zero-order chi connectivity index (χ0) is 25.0. The summed E-state index contributed by atoms with van der Waals surface area (Å²) in [6.07, 6.45) is 11.2. The molecule has 2 aliphatic heterocycles. The van der Waals surface area contributed by atoms with Gasteiger partial charge >= 0.3 is 0 Å². The number of carbonyl (C=O) groups excluding carboxylic acids is 1. The molecule has 35 heavy (non-hydrogen) atoms. The normalized spacial score (nSPS) is 25.1. The number of hydrogen-bond acceptors (Lipinski definition) is 3. The Morgan fingerprint density at radius 2 is 1.06 bits per heavy atom. The number of ketones is 1. The Hall–Kier alpha value is -3.33. The van der Waals surface area contributed by atoms with Crippen LogP contribution in [0.5, 0.6) is 0 Å². The van der Waals surface area contributed by atoms with Crippen LogP contribution < -0.4 is 9.80 Å². The van der Waals surface area contributed by atoms with Gasteiger partial charge in [0.15, 0.2) is 5.78 Å².